The fraction of sp³-hybridized carbons (Fsp3) is 0.381. The van der Waals surface area contributed by atoms with Crippen LogP contribution >= 0.6 is 0 Å². The number of benzene rings is 2. The Morgan fingerprint density at radius 1 is 1.21 bits per heavy atom. The molecule has 0 saturated carbocycles. The molecule has 1 heterocycles. The summed E-state index contributed by atoms with van der Waals surface area (Å²) in [5.74, 6) is 0.447. The van der Waals surface area contributed by atoms with Crippen LogP contribution in [-0.2, 0) is 0 Å². The molecule has 4 N–H and O–H groups in total. The molecule has 0 unspecified atom stereocenters. The number of amides is 1. The molecule has 1 fully saturated rings. The lowest BCUT2D eigenvalue weighted by Crippen LogP contribution is -3.13. The van der Waals surface area contributed by atoms with Crippen molar-refractivity contribution in [1.82, 2.24) is 5.32 Å². The Labute approximate surface area is 169 Å². The summed E-state index contributed by atoms with van der Waals surface area (Å²) in [5.41, 5.74) is 6.77. The van der Waals surface area contributed by atoms with Crippen molar-refractivity contribution >= 4 is 17.3 Å². The minimum absolute atomic E-state index is 0.0421. The zero-order valence-electron chi connectivity index (χ0n) is 16.5. The summed E-state index contributed by atoms with van der Waals surface area (Å²) in [4.78, 5) is 24.6. The third-order valence-electron chi connectivity index (χ3n) is 5.46. The second-order valence-corrected chi connectivity index (χ2v) is 7.29. The van der Waals surface area contributed by atoms with Gasteiger partial charge in [0.25, 0.3) is 11.6 Å². The number of hydrogen-bond acceptors (Lipinski definition) is 5. The smallest absolute Gasteiger partial charge is 0.292 e. The molecule has 0 spiro atoms. The predicted octanol–water partition coefficient (Wildman–Crippen LogP) is 1.73. The van der Waals surface area contributed by atoms with Crippen molar-refractivity contribution in [3.8, 4) is 5.75 Å². The van der Waals surface area contributed by atoms with Gasteiger partial charge in [0.05, 0.1) is 31.7 Å². The van der Waals surface area contributed by atoms with Crippen LogP contribution in [0, 0.1) is 10.1 Å². The standard InChI is InChI=1S/C21H26N4O4/c1-29-17-8-5-15(6-9-17)20(24-11-3-2-4-12-24)14-23-21(26)16-7-10-18(22)19(13-16)25(27)28/h5-10,13,20H,2-4,11-12,14,22H2,1H3,(H,23,26)/p+1/t20-/m0/s1. The van der Waals surface area contributed by atoms with E-state index in [-0.39, 0.29) is 28.9 Å². The Morgan fingerprint density at radius 3 is 2.52 bits per heavy atom. The molecule has 8 heteroatoms. The van der Waals surface area contributed by atoms with Crippen LogP contribution in [0.2, 0.25) is 0 Å². The van der Waals surface area contributed by atoms with E-state index < -0.39 is 4.92 Å². The minimum Gasteiger partial charge on any atom is -0.497 e. The number of piperidine rings is 1. The van der Waals surface area contributed by atoms with Gasteiger partial charge in [-0.2, -0.15) is 0 Å². The number of nitro groups is 1. The summed E-state index contributed by atoms with van der Waals surface area (Å²) < 4.78 is 5.25. The number of methoxy groups -OCH3 is 1. The molecule has 2 aromatic rings. The lowest BCUT2D eigenvalue weighted by atomic mass is 10.0. The number of carbonyl (C=O) groups is 1. The number of anilines is 1. The molecule has 1 aliphatic rings. The highest BCUT2D eigenvalue weighted by Gasteiger charge is 2.27. The first-order valence-electron chi connectivity index (χ1n) is 9.80. The number of quaternary nitrogens is 1. The fourth-order valence-corrected chi connectivity index (χ4v) is 3.83. The van der Waals surface area contributed by atoms with Gasteiger partial charge in [-0.1, -0.05) is 0 Å². The number of ether oxygens (including phenoxy) is 1. The van der Waals surface area contributed by atoms with Crippen molar-refractivity contribution in [1.29, 1.82) is 0 Å². The lowest BCUT2D eigenvalue weighted by molar-refractivity contribution is -0.935. The fourth-order valence-electron chi connectivity index (χ4n) is 3.83. The van der Waals surface area contributed by atoms with Gasteiger partial charge in [0.1, 0.15) is 17.5 Å². The molecule has 1 saturated heterocycles. The van der Waals surface area contributed by atoms with Gasteiger partial charge in [0, 0.05) is 17.2 Å². The molecule has 2 aromatic carbocycles. The lowest BCUT2D eigenvalue weighted by Gasteiger charge is -2.32. The third kappa shape index (κ3) is 5.03. The van der Waals surface area contributed by atoms with E-state index in [1.54, 1.807) is 7.11 Å². The second-order valence-electron chi connectivity index (χ2n) is 7.29. The van der Waals surface area contributed by atoms with E-state index in [1.807, 2.05) is 24.3 Å². The predicted molar refractivity (Wildman–Crippen MR) is 110 cm³/mol. The van der Waals surface area contributed by atoms with E-state index in [1.165, 1.54) is 42.4 Å². The van der Waals surface area contributed by atoms with Crippen molar-refractivity contribution in [3.05, 3.63) is 63.7 Å². The normalized spacial score (nSPS) is 15.5. The second kappa shape index (κ2) is 9.38. The third-order valence-corrected chi connectivity index (χ3v) is 5.46. The van der Waals surface area contributed by atoms with E-state index in [0.717, 1.165) is 24.4 Å². The van der Waals surface area contributed by atoms with Gasteiger partial charge in [0.15, 0.2) is 0 Å². The summed E-state index contributed by atoms with van der Waals surface area (Å²) in [6.45, 7) is 2.55. The van der Waals surface area contributed by atoms with Crippen LogP contribution in [0.3, 0.4) is 0 Å². The highest BCUT2D eigenvalue weighted by molar-refractivity contribution is 5.95. The highest BCUT2D eigenvalue weighted by atomic mass is 16.6. The van der Waals surface area contributed by atoms with Gasteiger partial charge in [-0.15, -0.1) is 0 Å². The van der Waals surface area contributed by atoms with Crippen LogP contribution < -0.4 is 20.7 Å². The molecule has 1 amide bonds. The largest absolute Gasteiger partial charge is 0.497 e. The Kier molecular flexibility index (Phi) is 6.66. The first-order chi connectivity index (χ1) is 14.0. The van der Waals surface area contributed by atoms with Crippen LogP contribution in [0.1, 0.15) is 41.2 Å². The van der Waals surface area contributed by atoms with Gasteiger partial charge < -0.3 is 20.7 Å². The zero-order valence-corrected chi connectivity index (χ0v) is 16.5. The Balaban J connectivity index is 1.76. The Hall–Kier alpha value is -3.13. The van der Waals surface area contributed by atoms with Crippen LogP contribution in [0.25, 0.3) is 0 Å². The molecule has 154 valence electrons. The molecule has 3 rings (SSSR count). The van der Waals surface area contributed by atoms with E-state index in [9.17, 15) is 14.9 Å². The molecule has 1 aliphatic heterocycles. The van der Waals surface area contributed by atoms with Crippen LogP contribution in [0.4, 0.5) is 11.4 Å². The molecule has 0 aromatic heterocycles. The maximum Gasteiger partial charge on any atom is 0.292 e. The van der Waals surface area contributed by atoms with Crippen molar-refractivity contribution in [3.63, 3.8) is 0 Å². The molecule has 1 atom stereocenters. The van der Waals surface area contributed by atoms with Gasteiger partial charge in [-0.25, -0.2) is 0 Å². The minimum atomic E-state index is -0.579. The number of nitro benzene ring substituents is 1. The topological polar surface area (TPSA) is 112 Å². The number of hydrogen-bond donors (Lipinski definition) is 3. The quantitative estimate of drug-likeness (QED) is 0.373. The van der Waals surface area contributed by atoms with Crippen LogP contribution in [-0.4, -0.2) is 37.6 Å². The number of nitrogens with two attached hydrogens (primary N) is 1. The molecular weight excluding hydrogens is 372 g/mol. The first kappa shape index (κ1) is 20.6. The van der Waals surface area contributed by atoms with Crippen LogP contribution in [0.15, 0.2) is 42.5 Å². The van der Waals surface area contributed by atoms with Gasteiger partial charge in [-0.3, -0.25) is 14.9 Å². The number of rotatable bonds is 7. The van der Waals surface area contributed by atoms with Crippen LogP contribution in [0.5, 0.6) is 5.75 Å². The summed E-state index contributed by atoms with van der Waals surface area (Å²) in [6.07, 6.45) is 3.57. The SMILES string of the molecule is COc1ccc([C@H](CNC(=O)c2ccc(N)c([N+](=O)[O-])c2)[NH+]2CCCCC2)cc1. The molecule has 0 aliphatic carbocycles. The van der Waals surface area contributed by atoms with E-state index in [4.69, 9.17) is 10.5 Å². The number of nitrogens with zero attached hydrogens (tertiary/aromatic N) is 1. The number of nitrogens with one attached hydrogen (secondary N) is 2. The van der Waals surface area contributed by atoms with Gasteiger partial charge in [0.2, 0.25) is 0 Å². The van der Waals surface area contributed by atoms with Crippen molar-refractivity contribution in [2.75, 3.05) is 32.5 Å². The molecule has 0 bridgehead atoms. The molecule has 0 radical (unpaired) electrons. The average Bonchev–Trinajstić information content (AvgIpc) is 2.75. The number of carbonyl (C=O) groups excluding carboxylic acids is 1. The summed E-state index contributed by atoms with van der Waals surface area (Å²) >= 11 is 0. The monoisotopic (exact) mass is 399 g/mol. The van der Waals surface area contributed by atoms with Gasteiger partial charge >= 0.3 is 0 Å². The van der Waals surface area contributed by atoms with E-state index in [2.05, 4.69) is 5.32 Å². The van der Waals surface area contributed by atoms with Gasteiger partial charge in [-0.05, 0) is 55.7 Å². The maximum absolute atomic E-state index is 12.6. The number of nitrogen functional groups attached to an aromatic ring is 1. The van der Waals surface area contributed by atoms with E-state index >= 15 is 0 Å². The maximum atomic E-state index is 12.6. The number of likely N-dealkylation sites (tertiary alicyclic amines) is 1. The zero-order chi connectivity index (χ0) is 20.8. The van der Waals surface area contributed by atoms with Crippen molar-refractivity contribution in [2.24, 2.45) is 0 Å². The van der Waals surface area contributed by atoms with Crippen molar-refractivity contribution in [2.45, 2.75) is 25.3 Å². The highest BCUT2D eigenvalue weighted by Crippen LogP contribution is 2.22. The Morgan fingerprint density at radius 2 is 1.90 bits per heavy atom. The molecule has 8 nitrogen and oxygen atoms in total. The van der Waals surface area contributed by atoms with E-state index in [0.29, 0.717) is 6.54 Å². The first-order valence-corrected chi connectivity index (χ1v) is 9.80. The average molecular weight is 399 g/mol. The summed E-state index contributed by atoms with van der Waals surface area (Å²) in [6, 6.07) is 12.2. The van der Waals surface area contributed by atoms with Crippen molar-refractivity contribution < 1.29 is 19.4 Å². The summed E-state index contributed by atoms with van der Waals surface area (Å²) in [7, 11) is 1.63. The molecular formula is C21H27N4O4+. The Bertz CT molecular complexity index is 863. The molecule has 29 heavy (non-hydrogen) atoms. The summed E-state index contributed by atoms with van der Waals surface area (Å²) in [5, 5.41) is 14.0.